The highest BCUT2D eigenvalue weighted by atomic mass is 32.2. The molecule has 0 unspecified atom stereocenters. The molecular formula is C25H26O4S. The number of carbonyl (C=O) groups is 2. The molecule has 0 amide bonds. The summed E-state index contributed by atoms with van der Waals surface area (Å²) in [5.74, 6) is 3.69. The van der Waals surface area contributed by atoms with Crippen molar-refractivity contribution in [2.45, 2.75) is 42.9 Å². The molecule has 0 aromatic heterocycles. The maximum absolute atomic E-state index is 13.0. The molecular weight excluding hydrogens is 396 g/mol. The molecule has 4 aliphatic carbocycles. The number of hydrogen-bond donors (Lipinski definition) is 1. The van der Waals surface area contributed by atoms with Crippen LogP contribution in [0.4, 0.5) is 0 Å². The SMILES string of the molecule is COc1ccc(C(=O)Sc2ccc(C(=O)O)cc2)cc1C1C2CC3CC(C2)CC1C3. The minimum Gasteiger partial charge on any atom is -0.496 e. The van der Waals surface area contributed by atoms with Crippen molar-refractivity contribution in [3.8, 4) is 5.75 Å². The molecule has 4 bridgehead atoms. The van der Waals surface area contributed by atoms with Crippen LogP contribution < -0.4 is 4.74 Å². The zero-order chi connectivity index (χ0) is 20.8. The fourth-order valence-electron chi connectivity index (χ4n) is 6.39. The first-order valence-electron chi connectivity index (χ1n) is 10.7. The van der Waals surface area contributed by atoms with Crippen molar-refractivity contribution in [3.63, 3.8) is 0 Å². The van der Waals surface area contributed by atoms with E-state index in [2.05, 4.69) is 6.07 Å². The average Bonchev–Trinajstić information content (AvgIpc) is 2.73. The van der Waals surface area contributed by atoms with E-state index in [0.29, 0.717) is 11.5 Å². The molecule has 4 saturated carbocycles. The molecule has 0 saturated heterocycles. The van der Waals surface area contributed by atoms with E-state index in [1.54, 1.807) is 19.2 Å². The molecule has 2 aromatic rings. The second kappa shape index (κ2) is 7.77. The Morgan fingerprint density at radius 3 is 2.07 bits per heavy atom. The van der Waals surface area contributed by atoms with Gasteiger partial charge in [-0.25, -0.2) is 4.79 Å². The number of hydrogen-bond acceptors (Lipinski definition) is 4. The number of methoxy groups -OCH3 is 1. The molecule has 156 valence electrons. The summed E-state index contributed by atoms with van der Waals surface area (Å²) < 4.78 is 5.72. The molecule has 0 radical (unpaired) electrons. The third-order valence-electron chi connectivity index (χ3n) is 7.36. The fourth-order valence-corrected chi connectivity index (χ4v) is 7.12. The maximum Gasteiger partial charge on any atom is 0.335 e. The lowest BCUT2D eigenvalue weighted by Crippen LogP contribution is -2.43. The van der Waals surface area contributed by atoms with Gasteiger partial charge in [-0.3, -0.25) is 4.79 Å². The molecule has 0 aliphatic heterocycles. The Morgan fingerprint density at radius 1 is 0.900 bits per heavy atom. The second-order valence-corrected chi connectivity index (χ2v) is 10.2. The van der Waals surface area contributed by atoms with E-state index in [9.17, 15) is 9.59 Å². The number of benzene rings is 2. The third-order valence-corrected chi connectivity index (χ3v) is 8.29. The van der Waals surface area contributed by atoms with E-state index in [-0.39, 0.29) is 10.7 Å². The molecule has 6 rings (SSSR count). The van der Waals surface area contributed by atoms with Crippen LogP contribution >= 0.6 is 11.8 Å². The topological polar surface area (TPSA) is 63.6 Å². The van der Waals surface area contributed by atoms with Gasteiger partial charge in [0, 0.05) is 10.5 Å². The Morgan fingerprint density at radius 2 is 1.50 bits per heavy atom. The van der Waals surface area contributed by atoms with Crippen molar-refractivity contribution < 1.29 is 19.4 Å². The summed E-state index contributed by atoms with van der Waals surface area (Å²) in [6, 6.07) is 12.3. The van der Waals surface area contributed by atoms with E-state index in [1.807, 2.05) is 12.1 Å². The number of carboxylic acids is 1. The van der Waals surface area contributed by atoms with Crippen LogP contribution in [-0.2, 0) is 0 Å². The Hall–Kier alpha value is -2.27. The number of carboxylic acid groups (broad SMARTS) is 1. The Bertz CT molecular complexity index is 953. The van der Waals surface area contributed by atoms with E-state index >= 15 is 0 Å². The van der Waals surface area contributed by atoms with Gasteiger partial charge in [0.05, 0.1) is 12.7 Å². The van der Waals surface area contributed by atoms with Crippen LogP contribution in [0.3, 0.4) is 0 Å². The van der Waals surface area contributed by atoms with E-state index in [0.717, 1.165) is 46.1 Å². The average molecular weight is 423 g/mol. The smallest absolute Gasteiger partial charge is 0.335 e. The van der Waals surface area contributed by atoms with Crippen molar-refractivity contribution >= 4 is 22.8 Å². The fraction of sp³-hybridized carbons (Fsp3) is 0.440. The van der Waals surface area contributed by atoms with Crippen LogP contribution in [0.1, 0.15) is 64.3 Å². The zero-order valence-electron chi connectivity index (χ0n) is 17.0. The summed E-state index contributed by atoms with van der Waals surface area (Å²) >= 11 is 1.14. The van der Waals surface area contributed by atoms with Crippen LogP contribution in [0.2, 0.25) is 0 Å². The van der Waals surface area contributed by atoms with Gasteiger partial charge in [0.2, 0.25) is 5.12 Å². The first-order valence-corrected chi connectivity index (χ1v) is 11.6. The van der Waals surface area contributed by atoms with E-state index in [1.165, 1.54) is 49.8 Å². The molecule has 4 nitrogen and oxygen atoms in total. The minimum absolute atomic E-state index is 0.0224. The lowest BCUT2D eigenvalue weighted by atomic mass is 9.50. The summed E-state index contributed by atoms with van der Waals surface area (Å²) in [4.78, 5) is 24.8. The van der Waals surface area contributed by atoms with Gasteiger partial charge < -0.3 is 9.84 Å². The molecule has 0 heterocycles. The molecule has 2 aromatic carbocycles. The predicted molar refractivity (Wildman–Crippen MR) is 116 cm³/mol. The van der Waals surface area contributed by atoms with E-state index < -0.39 is 5.97 Å². The lowest BCUT2D eigenvalue weighted by molar-refractivity contribution is -0.00349. The number of carbonyl (C=O) groups excluding carboxylic acids is 1. The van der Waals surface area contributed by atoms with Crippen LogP contribution in [0.15, 0.2) is 47.4 Å². The molecule has 30 heavy (non-hydrogen) atoms. The van der Waals surface area contributed by atoms with Crippen LogP contribution in [0, 0.1) is 23.7 Å². The summed E-state index contributed by atoms with van der Waals surface area (Å²) in [5, 5.41) is 9.02. The zero-order valence-corrected chi connectivity index (χ0v) is 17.9. The maximum atomic E-state index is 13.0. The Balaban J connectivity index is 1.40. The van der Waals surface area contributed by atoms with Crippen molar-refractivity contribution in [2.75, 3.05) is 7.11 Å². The lowest BCUT2D eigenvalue weighted by Gasteiger charge is -2.54. The largest absolute Gasteiger partial charge is 0.496 e. The van der Waals surface area contributed by atoms with Crippen molar-refractivity contribution in [1.29, 1.82) is 0 Å². The van der Waals surface area contributed by atoms with Crippen LogP contribution in [0.5, 0.6) is 5.75 Å². The number of aromatic carboxylic acids is 1. The van der Waals surface area contributed by atoms with Gasteiger partial charge in [0.25, 0.3) is 0 Å². The van der Waals surface area contributed by atoms with Crippen molar-refractivity contribution in [2.24, 2.45) is 23.7 Å². The highest BCUT2D eigenvalue weighted by molar-refractivity contribution is 8.14. The Kier molecular flexibility index (Phi) is 5.10. The van der Waals surface area contributed by atoms with Crippen molar-refractivity contribution in [1.82, 2.24) is 0 Å². The molecule has 0 atom stereocenters. The molecule has 4 fully saturated rings. The molecule has 5 heteroatoms. The molecule has 0 spiro atoms. The number of rotatable bonds is 5. The number of ether oxygens (including phenoxy) is 1. The quantitative estimate of drug-likeness (QED) is 0.611. The molecule has 4 aliphatic rings. The van der Waals surface area contributed by atoms with E-state index in [4.69, 9.17) is 9.84 Å². The second-order valence-electron chi connectivity index (χ2n) is 9.13. The van der Waals surface area contributed by atoms with Crippen LogP contribution in [-0.4, -0.2) is 23.3 Å². The van der Waals surface area contributed by atoms with Gasteiger partial charge in [-0.1, -0.05) is 0 Å². The minimum atomic E-state index is -0.965. The number of thioether (sulfide) groups is 1. The third kappa shape index (κ3) is 3.53. The Labute approximate surface area is 181 Å². The normalized spacial score (nSPS) is 29.0. The van der Waals surface area contributed by atoms with Gasteiger partial charge >= 0.3 is 5.97 Å². The van der Waals surface area contributed by atoms with Gasteiger partial charge in [-0.05, 0) is 121 Å². The summed E-state index contributed by atoms with van der Waals surface area (Å²) in [7, 11) is 1.72. The highest BCUT2D eigenvalue weighted by Crippen LogP contribution is 2.60. The van der Waals surface area contributed by atoms with Crippen molar-refractivity contribution in [3.05, 3.63) is 59.2 Å². The summed E-state index contributed by atoms with van der Waals surface area (Å²) in [5.41, 5.74) is 2.12. The van der Waals surface area contributed by atoms with Gasteiger partial charge in [-0.15, -0.1) is 0 Å². The molecule has 1 N–H and O–H groups in total. The monoisotopic (exact) mass is 422 g/mol. The van der Waals surface area contributed by atoms with Gasteiger partial charge in [-0.2, -0.15) is 0 Å². The summed E-state index contributed by atoms with van der Waals surface area (Å²) in [6.45, 7) is 0. The highest BCUT2D eigenvalue weighted by Gasteiger charge is 2.49. The van der Waals surface area contributed by atoms with Gasteiger partial charge in [0.15, 0.2) is 0 Å². The first-order chi connectivity index (χ1) is 14.5. The standard InChI is InChI=1S/C25H26O4S/c1-29-22-7-4-17(25(28)30-20-5-2-16(3-6-20)24(26)27)13-21(22)23-18-9-14-8-15(11-18)12-19(23)10-14/h2-7,13-15,18-19,23H,8-12H2,1H3,(H,26,27). The van der Waals surface area contributed by atoms with Crippen LogP contribution in [0.25, 0.3) is 0 Å². The first kappa shape index (κ1) is 19.7. The van der Waals surface area contributed by atoms with Gasteiger partial charge in [0.1, 0.15) is 5.75 Å². The predicted octanol–water partition coefficient (Wildman–Crippen LogP) is 5.87. The summed E-state index contributed by atoms with van der Waals surface area (Å²) in [6.07, 6.45) is 6.72.